The normalized spacial score (nSPS) is 12.0. The number of carbonyl (C=O) groups excluding carboxylic acids is 2. The fourth-order valence-corrected chi connectivity index (χ4v) is 2.12. The molecule has 0 heterocycles. The van der Waals surface area contributed by atoms with E-state index in [1.807, 2.05) is 0 Å². The van der Waals surface area contributed by atoms with E-state index in [0.29, 0.717) is 18.9 Å². The van der Waals surface area contributed by atoms with E-state index in [1.54, 1.807) is 6.92 Å². The Balaban J connectivity index is 3.58. The van der Waals surface area contributed by atoms with Gasteiger partial charge in [0.15, 0.2) is 0 Å². The molecule has 0 aliphatic rings. The molecule has 0 rings (SSSR count). The number of ether oxygens (including phenoxy) is 1. The molecular formula is C16H30ClNO3. The Bertz CT molecular complexity index is 285. The lowest BCUT2D eigenvalue weighted by Gasteiger charge is -2.13. The molecule has 0 spiro atoms. The first kappa shape index (κ1) is 20.2. The number of rotatable bonds is 13. The van der Waals surface area contributed by atoms with Crippen molar-refractivity contribution < 1.29 is 14.3 Å². The van der Waals surface area contributed by atoms with E-state index >= 15 is 0 Å². The number of nitrogens with one attached hydrogen (secondary N) is 1. The van der Waals surface area contributed by atoms with E-state index in [9.17, 15) is 9.59 Å². The van der Waals surface area contributed by atoms with E-state index in [0.717, 1.165) is 25.7 Å². The Hall–Kier alpha value is -0.770. The molecule has 1 amide bonds. The maximum absolute atomic E-state index is 11.7. The Morgan fingerprint density at radius 1 is 1.05 bits per heavy atom. The van der Waals surface area contributed by atoms with Crippen molar-refractivity contribution in [2.75, 3.05) is 12.5 Å². The second-order valence-corrected chi connectivity index (χ2v) is 5.75. The topological polar surface area (TPSA) is 55.4 Å². The van der Waals surface area contributed by atoms with Crippen LogP contribution in [0, 0.1) is 0 Å². The van der Waals surface area contributed by atoms with Gasteiger partial charge in [-0.3, -0.25) is 4.79 Å². The number of alkyl halides is 1. The minimum absolute atomic E-state index is 0.121. The maximum atomic E-state index is 11.7. The third kappa shape index (κ3) is 12.7. The molecule has 0 saturated carbocycles. The van der Waals surface area contributed by atoms with Gasteiger partial charge in [0.1, 0.15) is 6.04 Å². The largest absolute Gasteiger partial charge is 0.464 e. The third-order valence-electron chi connectivity index (χ3n) is 3.26. The number of amides is 1. The molecule has 21 heavy (non-hydrogen) atoms. The highest BCUT2D eigenvalue weighted by Crippen LogP contribution is 2.05. The molecule has 0 radical (unpaired) electrons. The van der Waals surface area contributed by atoms with Crippen LogP contribution in [-0.2, 0) is 14.3 Å². The van der Waals surface area contributed by atoms with Crippen LogP contribution in [0.5, 0.6) is 0 Å². The van der Waals surface area contributed by atoms with Gasteiger partial charge in [-0.25, -0.2) is 4.79 Å². The molecule has 124 valence electrons. The summed E-state index contributed by atoms with van der Waals surface area (Å²) in [5.41, 5.74) is 0. The molecule has 0 aliphatic carbocycles. The van der Waals surface area contributed by atoms with Crippen LogP contribution in [0.3, 0.4) is 0 Å². The van der Waals surface area contributed by atoms with Crippen molar-refractivity contribution in [3.05, 3.63) is 0 Å². The van der Waals surface area contributed by atoms with Crippen LogP contribution in [0.4, 0.5) is 0 Å². The highest BCUT2D eigenvalue weighted by Gasteiger charge is 2.16. The van der Waals surface area contributed by atoms with E-state index in [2.05, 4.69) is 12.2 Å². The molecule has 0 aromatic heterocycles. The standard InChI is InChI=1S/C16H30ClNO3/c1-3-4-5-6-7-10-13-21-16(20)14(2)18-15(19)11-8-9-12-17/h14H,3-13H2,1-2H3,(H,18,19). The van der Waals surface area contributed by atoms with E-state index in [1.165, 1.54) is 25.7 Å². The summed E-state index contributed by atoms with van der Waals surface area (Å²) in [6.07, 6.45) is 8.89. The van der Waals surface area contributed by atoms with Gasteiger partial charge in [-0.2, -0.15) is 0 Å². The lowest BCUT2D eigenvalue weighted by molar-refractivity contribution is -0.147. The van der Waals surface area contributed by atoms with Crippen molar-refractivity contribution in [1.29, 1.82) is 0 Å². The van der Waals surface area contributed by atoms with E-state index in [4.69, 9.17) is 16.3 Å². The average molecular weight is 320 g/mol. The molecule has 4 nitrogen and oxygen atoms in total. The second-order valence-electron chi connectivity index (χ2n) is 5.37. The Kier molecular flexibility index (Phi) is 13.7. The summed E-state index contributed by atoms with van der Waals surface area (Å²) in [5.74, 6) is 0.0849. The first-order valence-corrected chi connectivity index (χ1v) is 8.67. The molecule has 5 heteroatoms. The van der Waals surface area contributed by atoms with Crippen LogP contribution in [0.1, 0.15) is 71.6 Å². The zero-order chi connectivity index (χ0) is 15.9. The monoisotopic (exact) mass is 319 g/mol. The van der Waals surface area contributed by atoms with Crippen LogP contribution >= 0.6 is 11.6 Å². The molecule has 1 N–H and O–H groups in total. The summed E-state index contributed by atoms with van der Waals surface area (Å²) in [7, 11) is 0. The first-order chi connectivity index (χ1) is 10.1. The van der Waals surface area contributed by atoms with Gasteiger partial charge >= 0.3 is 5.97 Å². The van der Waals surface area contributed by atoms with Gasteiger partial charge in [-0.1, -0.05) is 39.0 Å². The van der Waals surface area contributed by atoms with Gasteiger partial charge in [0, 0.05) is 12.3 Å². The van der Waals surface area contributed by atoms with Crippen LogP contribution in [-0.4, -0.2) is 30.4 Å². The highest BCUT2D eigenvalue weighted by molar-refractivity contribution is 6.17. The Morgan fingerprint density at radius 2 is 1.71 bits per heavy atom. The molecule has 0 aromatic carbocycles. The molecule has 1 atom stereocenters. The Labute approximate surface area is 134 Å². The van der Waals surface area contributed by atoms with Gasteiger partial charge in [0.25, 0.3) is 0 Å². The van der Waals surface area contributed by atoms with Crippen molar-refractivity contribution in [3.63, 3.8) is 0 Å². The molecule has 0 bridgehead atoms. The van der Waals surface area contributed by atoms with Gasteiger partial charge in [-0.05, 0) is 26.2 Å². The summed E-state index contributed by atoms with van der Waals surface area (Å²) in [6.45, 7) is 4.29. The number of hydrogen-bond donors (Lipinski definition) is 1. The van der Waals surface area contributed by atoms with E-state index in [-0.39, 0.29) is 11.9 Å². The zero-order valence-electron chi connectivity index (χ0n) is 13.5. The summed E-state index contributed by atoms with van der Waals surface area (Å²) in [4.78, 5) is 23.2. The number of carbonyl (C=O) groups is 2. The third-order valence-corrected chi connectivity index (χ3v) is 3.53. The minimum atomic E-state index is -0.575. The van der Waals surface area contributed by atoms with Gasteiger partial charge < -0.3 is 10.1 Å². The number of halogens is 1. The van der Waals surface area contributed by atoms with Crippen molar-refractivity contribution in [2.24, 2.45) is 0 Å². The zero-order valence-corrected chi connectivity index (χ0v) is 14.2. The molecule has 0 aromatic rings. The number of hydrogen-bond acceptors (Lipinski definition) is 3. The van der Waals surface area contributed by atoms with Crippen LogP contribution in [0.2, 0.25) is 0 Å². The Morgan fingerprint density at radius 3 is 2.38 bits per heavy atom. The van der Waals surface area contributed by atoms with Crippen molar-refractivity contribution >= 4 is 23.5 Å². The average Bonchev–Trinajstić information content (AvgIpc) is 2.46. The van der Waals surface area contributed by atoms with Crippen LogP contribution in [0.25, 0.3) is 0 Å². The quantitative estimate of drug-likeness (QED) is 0.319. The van der Waals surface area contributed by atoms with Crippen LogP contribution < -0.4 is 5.32 Å². The van der Waals surface area contributed by atoms with Gasteiger partial charge in [0.05, 0.1) is 6.61 Å². The SMILES string of the molecule is CCCCCCCCOC(=O)C(C)NC(=O)CCCCCl. The van der Waals surface area contributed by atoms with Crippen molar-refractivity contribution in [3.8, 4) is 0 Å². The fourth-order valence-electron chi connectivity index (χ4n) is 1.93. The predicted octanol–water partition coefficient (Wildman–Crippen LogP) is 3.80. The van der Waals surface area contributed by atoms with Crippen LogP contribution in [0.15, 0.2) is 0 Å². The maximum Gasteiger partial charge on any atom is 0.328 e. The summed E-state index contributed by atoms with van der Waals surface area (Å²) in [5, 5.41) is 2.65. The molecular weight excluding hydrogens is 290 g/mol. The lowest BCUT2D eigenvalue weighted by Crippen LogP contribution is -2.39. The summed E-state index contributed by atoms with van der Waals surface area (Å²) < 4.78 is 5.16. The smallest absolute Gasteiger partial charge is 0.328 e. The van der Waals surface area contributed by atoms with Gasteiger partial charge in [-0.15, -0.1) is 11.6 Å². The first-order valence-electron chi connectivity index (χ1n) is 8.13. The predicted molar refractivity (Wildman–Crippen MR) is 86.5 cm³/mol. The van der Waals surface area contributed by atoms with Crippen molar-refractivity contribution in [1.82, 2.24) is 5.32 Å². The second kappa shape index (κ2) is 14.2. The van der Waals surface area contributed by atoms with E-state index < -0.39 is 6.04 Å². The molecule has 0 fully saturated rings. The lowest BCUT2D eigenvalue weighted by atomic mass is 10.1. The van der Waals surface area contributed by atoms with Crippen molar-refractivity contribution in [2.45, 2.75) is 77.7 Å². The molecule has 0 saturated heterocycles. The summed E-state index contributed by atoms with van der Waals surface area (Å²) >= 11 is 5.55. The van der Waals surface area contributed by atoms with Gasteiger partial charge in [0.2, 0.25) is 5.91 Å². The highest BCUT2D eigenvalue weighted by atomic mass is 35.5. The summed E-state index contributed by atoms with van der Waals surface area (Å²) in [6, 6.07) is -0.575. The number of unbranched alkanes of at least 4 members (excludes halogenated alkanes) is 6. The minimum Gasteiger partial charge on any atom is -0.464 e. The molecule has 1 unspecified atom stereocenters. The number of esters is 1. The molecule has 0 aliphatic heterocycles. The fraction of sp³-hybridized carbons (Fsp3) is 0.875.